The summed E-state index contributed by atoms with van der Waals surface area (Å²) in [5.41, 5.74) is -1.77. The summed E-state index contributed by atoms with van der Waals surface area (Å²) < 4.78 is 9.74. The molecular weight excluding hydrogens is 336 g/mol. The molecule has 0 amide bonds. The normalized spacial score (nSPS) is 27.3. The zero-order valence-electron chi connectivity index (χ0n) is 15.7. The van der Waals surface area contributed by atoms with E-state index in [0.29, 0.717) is 25.7 Å². The molecule has 2 saturated carbocycles. The standard InChI is InChI=1S/2C10H14O3/c2*1-3-7-13-9(12)10(2)6-4-5-8(10)11/h2*3H,1,4-7H2,2H3/t2*10-/m10/s1. The van der Waals surface area contributed by atoms with Gasteiger partial charge < -0.3 is 9.47 Å². The predicted molar refractivity (Wildman–Crippen MR) is 96.2 cm³/mol. The van der Waals surface area contributed by atoms with Gasteiger partial charge in [0, 0.05) is 12.8 Å². The van der Waals surface area contributed by atoms with Crippen molar-refractivity contribution < 1.29 is 28.7 Å². The summed E-state index contributed by atoms with van der Waals surface area (Å²) in [6.45, 7) is 10.6. The first-order chi connectivity index (χ1) is 12.2. The number of carbonyl (C=O) groups is 4. The van der Waals surface area contributed by atoms with Crippen molar-refractivity contribution >= 4 is 23.5 Å². The first-order valence-corrected chi connectivity index (χ1v) is 8.85. The van der Waals surface area contributed by atoms with Crippen molar-refractivity contribution in [3.05, 3.63) is 25.3 Å². The maximum atomic E-state index is 11.4. The van der Waals surface area contributed by atoms with Crippen molar-refractivity contribution in [3.8, 4) is 0 Å². The van der Waals surface area contributed by atoms with Gasteiger partial charge >= 0.3 is 11.9 Å². The Labute approximate surface area is 154 Å². The topological polar surface area (TPSA) is 86.7 Å². The van der Waals surface area contributed by atoms with E-state index in [9.17, 15) is 19.2 Å². The number of Topliss-reactive ketones (excluding diaryl/α,β-unsaturated/α-hetero) is 2. The van der Waals surface area contributed by atoms with Crippen LogP contribution in [0.3, 0.4) is 0 Å². The molecule has 6 nitrogen and oxygen atoms in total. The van der Waals surface area contributed by atoms with E-state index in [1.54, 1.807) is 13.8 Å². The fourth-order valence-corrected chi connectivity index (χ4v) is 3.06. The molecule has 0 aromatic rings. The number of ketones is 2. The van der Waals surface area contributed by atoms with Crippen LogP contribution in [0.5, 0.6) is 0 Å². The Kier molecular flexibility index (Phi) is 7.93. The third-order valence-corrected chi connectivity index (χ3v) is 4.96. The lowest BCUT2D eigenvalue weighted by molar-refractivity contribution is -0.158. The Hall–Kier alpha value is -2.24. The predicted octanol–water partition coefficient (Wildman–Crippen LogP) is 2.95. The maximum absolute atomic E-state index is 11.4. The molecule has 0 unspecified atom stereocenters. The molecule has 26 heavy (non-hydrogen) atoms. The van der Waals surface area contributed by atoms with E-state index < -0.39 is 22.8 Å². The van der Waals surface area contributed by atoms with Gasteiger partial charge in [-0.2, -0.15) is 0 Å². The summed E-state index contributed by atoms with van der Waals surface area (Å²) in [6.07, 6.45) is 6.81. The maximum Gasteiger partial charge on any atom is 0.319 e. The lowest BCUT2D eigenvalue weighted by Gasteiger charge is -2.18. The number of rotatable bonds is 6. The van der Waals surface area contributed by atoms with Crippen LogP contribution in [0, 0.1) is 10.8 Å². The van der Waals surface area contributed by atoms with Crippen LogP contribution in [0.15, 0.2) is 25.3 Å². The lowest BCUT2D eigenvalue weighted by Crippen LogP contribution is -2.33. The first kappa shape index (κ1) is 21.8. The molecule has 0 N–H and O–H groups in total. The monoisotopic (exact) mass is 364 g/mol. The van der Waals surface area contributed by atoms with Crippen molar-refractivity contribution in [2.24, 2.45) is 10.8 Å². The molecule has 0 aromatic heterocycles. The highest BCUT2D eigenvalue weighted by Gasteiger charge is 2.46. The molecule has 0 bridgehead atoms. The van der Waals surface area contributed by atoms with Crippen molar-refractivity contribution in [2.75, 3.05) is 13.2 Å². The van der Waals surface area contributed by atoms with Gasteiger partial charge in [-0.25, -0.2) is 0 Å². The van der Waals surface area contributed by atoms with Gasteiger partial charge in [0.05, 0.1) is 0 Å². The quantitative estimate of drug-likeness (QED) is 0.409. The van der Waals surface area contributed by atoms with Crippen molar-refractivity contribution in [1.29, 1.82) is 0 Å². The number of ether oxygens (including phenoxy) is 2. The third kappa shape index (κ3) is 4.90. The van der Waals surface area contributed by atoms with Gasteiger partial charge in [-0.1, -0.05) is 25.3 Å². The second-order valence-corrected chi connectivity index (χ2v) is 6.99. The van der Waals surface area contributed by atoms with E-state index in [4.69, 9.17) is 9.47 Å². The summed E-state index contributed by atoms with van der Waals surface area (Å²) in [6, 6.07) is 0. The minimum atomic E-state index is -0.886. The van der Waals surface area contributed by atoms with Crippen molar-refractivity contribution in [2.45, 2.75) is 52.4 Å². The molecule has 2 aliphatic rings. The van der Waals surface area contributed by atoms with Crippen LogP contribution < -0.4 is 0 Å². The SMILES string of the molecule is C=CCOC(=O)[C@@]1(C)CCCC1=O.C=CCOC(=O)[C@]1(C)CCCC1=O. The minimum absolute atomic E-state index is 0.00145. The van der Waals surface area contributed by atoms with Crippen molar-refractivity contribution in [3.63, 3.8) is 0 Å². The molecule has 0 saturated heterocycles. The van der Waals surface area contributed by atoms with E-state index in [2.05, 4.69) is 13.2 Å². The highest BCUT2D eigenvalue weighted by atomic mass is 16.5. The molecule has 2 fully saturated rings. The second-order valence-electron chi connectivity index (χ2n) is 6.99. The van der Waals surface area contributed by atoms with E-state index in [-0.39, 0.29) is 24.8 Å². The third-order valence-electron chi connectivity index (χ3n) is 4.96. The average Bonchev–Trinajstić information content (AvgIpc) is 3.15. The number of esters is 2. The van der Waals surface area contributed by atoms with Crippen LogP contribution in [0.2, 0.25) is 0 Å². The summed E-state index contributed by atoms with van der Waals surface area (Å²) in [4.78, 5) is 45.6. The molecule has 0 heterocycles. The molecule has 2 atom stereocenters. The van der Waals surface area contributed by atoms with Crippen LogP contribution in [0.25, 0.3) is 0 Å². The Morgan fingerprint density at radius 1 is 0.885 bits per heavy atom. The van der Waals surface area contributed by atoms with Gasteiger partial charge in [-0.15, -0.1) is 0 Å². The fourth-order valence-electron chi connectivity index (χ4n) is 3.06. The zero-order chi connectivity index (χ0) is 19.8. The average molecular weight is 364 g/mol. The van der Waals surface area contributed by atoms with Gasteiger partial charge in [0.15, 0.2) is 0 Å². The zero-order valence-corrected chi connectivity index (χ0v) is 15.7. The Morgan fingerprint density at radius 2 is 1.23 bits per heavy atom. The number of hydrogen-bond acceptors (Lipinski definition) is 6. The lowest BCUT2D eigenvalue weighted by atomic mass is 9.88. The van der Waals surface area contributed by atoms with E-state index >= 15 is 0 Å². The van der Waals surface area contributed by atoms with E-state index in [0.717, 1.165) is 12.8 Å². The molecule has 0 aliphatic heterocycles. The Morgan fingerprint density at radius 3 is 1.46 bits per heavy atom. The van der Waals surface area contributed by atoms with Gasteiger partial charge in [0.2, 0.25) is 0 Å². The Bertz CT molecular complexity index is 541. The van der Waals surface area contributed by atoms with Gasteiger partial charge in [0.25, 0.3) is 0 Å². The van der Waals surface area contributed by atoms with Crippen LogP contribution >= 0.6 is 0 Å². The molecule has 2 aliphatic carbocycles. The van der Waals surface area contributed by atoms with Crippen molar-refractivity contribution in [1.82, 2.24) is 0 Å². The molecule has 0 radical (unpaired) electrons. The molecule has 6 heteroatoms. The molecule has 144 valence electrons. The van der Waals surface area contributed by atoms with E-state index in [1.807, 2.05) is 0 Å². The molecule has 0 aromatic carbocycles. The van der Waals surface area contributed by atoms with E-state index in [1.165, 1.54) is 12.2 Å². The summed E-state index contributed by atoms with van der Waals surface area (Å²) in [7, 11) is 0. The first-order valence-electron chi connectivity index (χ1n) is 8.85. The van der Waals surface area contributed by atoms with Crippen LogP contribution in [0.4, 0.5) is 0 Å². The molecule has 0 spiro atoms. The van der Waals surface area contributed by atoms with Crippen LogP contribution in [-0.4, -0.2) is 36.7 Å². The Balaban J connectivity index is 0.000000260. The second kappa shape index (κ2) is 9.46. The summed E-state index contributed by atoms with van der Waals surface area (Å²) in [5, 5.41) is 0. The smallest absolute Gasteiger partial charge is 0.319 e. The molecule has 2 rings (SSSR count). The fraction of sp³-hybridized carbons (Fsp3) is 0.600. The minimum Gasteiger partial charge on any atom is -0.461 e. The number of carbonyl (C=O) groups excluding carboxylic acids is 4. The van der Waals surface area contributed by atoms with Gasteiger partial charge in [0.1, 0.15) is 35.6 Å². The van der Waals surface area contributed by atoms with Gasteiger partial charge in [-0.05, 0) is 39.5 Å². The summed E-state index contributed by atoms with van der Waals surface area (Å²) >= 11 is 0. The summed E-state index contributed by atoms with van der Waals surface area (Å²) in [5.74, 6) is -0.812. The highest BCUT2D eigenvalue weighted by molar-refractivity contribution is 6.05. The molecular formula is C20H28O6. The largest absolute Gasteiger partial charge is 0.461 e. The van der Waals surface area contributed by atoms with Gasteiger partial charge in [-0.3, -0.25) is 19.2 Å². The van der Waals surface area contributed by atoms with Crippen LogP contribution in [-0.2, 0) is 28.7 Å². The number of hydrogen-bond donors (Lipinski definition) is 0. The highest BCUT2D eigenvalue weighted by Crippen LogP contribution is 2.36. The van der Waals surface area contributed by atoms with Crippen LogP contribution in [0.1, 0.15) is 52.4 Å².